The minimum Gasteiger partial charge on any atom is -0.352 e. The Morgan fingerprint density at radius 1 is 1.13 bits per heavy atom. The Balaban J connectivity index is 1.58. The zero-order valence-corrected chi connectivity index (χ0v) is 13.8. The fourth-order valence-electron chi connectivity index (χ4n) is 2.88. The van der Waals surface area contributed by atoms with Gasteiger partial charge in [0.2, 0.25) is 0 Å². The lowest BCUT2D eigenvalue weighted by Gasteiger charge is -2.16. The Labute approximate surface area is 135 Å². The molecule has 1 aromatic carbocycles. The Hall–Kier alpha value is -2.43. The predicted octanol–water partition coefficient (Wildman–Crippen LogP) is 3.48. The molecule has 0 unspecified atom stereocenters. The number of aromatic amines is 1. The average molecular weight is 307 g/mol. The van der Waals surface area contributed by atoms with E-state index >= 15 is 0 Å². The molecule has 1 aliphatic rings. The number of rotatable bonds is 4. The molecule has 2 heterocycles. The van der Waals surface area contributed by atoms with E-state index in [1.54, 1.807) is 6.33 Å². The number of aryl methyl sites for hydroxylation is 2. The summed E-state index contributed by atoms with van der Waals surface area (Å²) in [5, 5.41) is 0. The van der Waals surface area contributed by atoms with Crippen molar-refractivity contribution in [3.63, 3.8) is 0 Å². The summed E-state index contributed by atoms with van der Waals surface area (Å²) in [5.41, 5.74) is 5.84. The molecule has 23 heavy (non-hydrogen) atoms. The normalized spacial score (nSPS) is 14.4. The highest BCUT2D eigenvalue weighted by atomic mass is 15.2. The molecule has 4 rings (SSSR count). The third-order valence-corrected chi connectivity index (χ3v) is 4.59. The van der Waals surface area contributed by atoms with Crippen LogP contribution in [0.5, 0.6) is 0 Å². The van der Waals surface area contributed by atoms with Gasteiger partial charge in [-0.2, -0.15) is 0 Å². The highest BCUT2D eigenvalue weighted by molar-refractivity contribution is 5.77. The fraction of sp³-hybridized carbons (Fsp3) is 0.389. The number of aromatic nitrogens is 4. The van der Waals surface area contributed by atoms with E-state index in [1.807, 2.05) is 7.05 Å². The number of benzene rings is 1. The summed E-state index contributed by atoms with van der Waals surface area (Å²) in [5.74, 6) is 2.55. The van der Waals surface area contributed by atoms with Gasteiger partial charge in [0.1, 0.15) is 18.0 Å². The Bertz CT molecular complexity index is 824. The lowest BCUT2D eigenvalue weighted by Crippen LogP contribution is -2.19. The molecule has 0 atom stereocenters. The third-order valence-electron chi connectivity index (χ3n) is 4.59. The van der Waals surface area contributed by atoms with Gasteiger partial charge in [-0.1, -0.05) is 0 Å². The predicted molar refractivity (Wildman–Crippen MR) is 91.7 cm³/mol. The minimum atomic E-state index is 0.641. The molecule has 118 valence electrons. The molecule has 5 heteroatoms. The maximum absolute atomic E-state index is 4.71. The van der Waals surface area contributed by atoms with E-state index in [2.05, 4.69) is 51.9 Å². The van der Waals surface area contributed by atoms with Crippen LogP contribution in [0.25, 0.3) is 11.0 Å². The largest absolute Gasteiger partial charge is 0.352 e. The van der Waals surface area contributed by atoms with Crippen molar-refractivity contribution in [2.45, 2.75) is 39.2 Å². The van der Waals surface area contributed by atoms with Crippen LogP contribution in [0.2, 0.25) is 0 Å². The van der Waals surface area contributed by atoms with Crippen LogP contribution in [0.15, 0.2) is 24.5 Å². The number of nitrogens with zero attached hydrogens (tertiary/aromatic N) is 4. The van der Waals surface area contributed by atoms with Crippen molar-refractivity contribution in [3.05, 3.63) is 47.2 Å². The van der Waals surface area contributed by atoms with Crippen molar-refractivity contribution >= 4 is 16.9 Å². The summed E-state index contributed by atoms with van der Waals surface area (Å²) >= 11 is 0. The summed E-state index contributed by atoms with van der Waals surface area (Å²) in [4.78, 5) is 19.0. The molecule has 0 amide bonds. The Morgan fingerprint density at radius 3 is 2.70 bits per heavy atom. The van der Waals surface area contributed by atoms with E-state index < -0.39 is 0 Å². The Morgan fingerprint density at radius 2 is 1.91 bits per heavy atom. The van der Waals surface area contributed by atoms with Gasteiger partial charge in [-0.25, -0.2) is 15.0 Å². The lowest BCUT2D eigenvalue weighted by molar-refractivity contribution is 0.836. The minimum absolute atomic E-state index is 0.641. The third kappa shape index (κ3) is 2.79. The number of hydrogen-bond donors (Lipinski definition) is 1. The van der Waals surface area contributed by atoms with Crippen LogP contribution in [-0.4, -0.2) is 27.0 Å². The van der Waals surface area contributed by atoms with E-state index in [-0.39, 0.29) is 0 Å². The molecule has 3 aromatic rings. The quantitative estimate of drug-likeness (QED) is 0.801. The van der Waals surface area contributed by atoms with E-state index in [9.17, 15) is 0 Å². The van der Waals surface area contributed by atoms with Gasteiger partial charge in [0, 0.05) is 24.7 Å². The van der Waals surface area contributed by atoms with Crippen molar-refractivity contribution in [3.8, 4) is 0 Å². The van der Waals surface area contributed by atoms with Crippen LogP contribution in [0.4, 0.5) is 5.82 Å². The highest BCUT2D eigenvalue weighted by Gasteiger charge is 2.25. The first-order valence-electron chi connectivity index (χ1n) is 8.09. The second kappa shape index (κ2) is 5.33. The van der Waals surface area contributed by atoms with Crippen LogP contribution in [0.3, 0.4) is 0 Å². The standard InChI is InChI=1S/C18H21N5/c1-11-6-15-16(7-12(11)2)22-17(21-15)9-23(3)18-8-14(13-4-5-13)19-10-20-18/h6-8,10,13H,4-5,9H2,1-3H3,(H,21,22). The second-order valence-corrected chi connectivity index (χ2v) is 6.57. The second-order valence-electron chi connectivity index (χ2n) is 6.57. The first-order valence-corrected chi connectivity index (χ1v) is 8.09. The average Bonchev–Trinajstić information content (AvgIpc) is 3.31. The maximum atomic E-state index is 4.71. The van der Waals surface area contributed by atoms with Crippen LogP contribution in [0, 0.1) is 13.8 Å². The number of H-pyrrole nitrogens is 1. The molecule has 0 bridgehead atoms. The molecule has 0 saturated heterocycles. The summed E-state index contributed by atoms with van der Waals surface area (Å²) in [6, 6.07) is 6.41. The first-order chi connectivity index (χ1) is 11.1. The van der Waals surface area contributed by atoms with Crippen LogP contribution in [-0.2, 0) is 6.54 Å². The monoisotopic (exact) mass is 307 g/mol. The summed E-state index contributed by atoms with van der Waals surface area (Å²) in [7, 11) is 2.04. The van der Waals surface area contributed by atoms with Gasteiger partial charge in [-0.3, -0.25) is 0 Å². The molecule has 1 N–H and O–H groups in total. The van der Waals surface area contributed by atoms with Crippen molar-refractivity contribution in [2.75, 3.05) is 11.9 Å². The molecule has 0 spiro atoms. The van der Waals surface area contributed by atoms with Gasteiger partial charge in [-0.05, 0) is 49.9 Å². The smallest absolute Gasteiger partial charge is 0.132 e. The van der Waals surface area contributed by atoms with E-state index in [0.717, 1.165) is 28.4 Å². The molecular formula is C18H21N5. The summed E-state index contributed by atoms with van der Waals surface area (Å²) in [6.45, 7) is 4.95. The zero-order valence-electron chi connectivity index (χ0n) is 13.8. The number of anilines is 1. The van der Waals surface area contributed by atoms with E-state index in [1.165, 1.54) is 24.0 Å². The van der Waals surface area contributed by atoms with Crippen molar-refractivity contribution in [1.82, 2.24) is 19.9 Å². The van der Waals surface area contributed by atoms with Gasteiger partial charge >= 0.3 is 0 Å². The number of hydrogen-bond acceptors (Lipinski definition) is 4. The highest BCUT2D eigenvalue weighted by Crippen LogP contribution is 2.39. The Kier molecular flexibility index (Phi) is 3.29. The molecule has 0 aliphatic heterocycles. The zero-order chi connectivity index (χ0) is 16.0. The van der Waals surface area contributed by atoms with E-state index in [4.69, 9.17) is 4.98 Å². The molecule has 1 saturated carbocycles. The summed E-state index contributed by atoms with van der Waals surface area (Å²) in [6.07, 6.45) is 4.18. The molecule has 1 fully saturated rings. The number of nitrogens with one attached hydrogen (secondary N) is 1. The maximum Gasteiger partial charge on any atom is 0.132 e. The van der Waals surface area contributed by atoms with E-state index in [0.29, 0.717) is 12.5 Å². The molecule has 0 radical (unpaired) electrons. The summed E-state index contributed by atoms with van der Waals surface area (Å²) < 4.78 is 0. The molecular weight excluding hydrogens is 286 g/mol. The molecule has 1 aliphatic carbocycles. The first kappa shape index (κ1) is 14.2. The van der Waals surface area contributed by atoms with Gasteiger partial charge in [-0.15, -0.1) is 0 Å². The van der Waals surface area contributed by atoms with Gasteiger partial charge in [0.05, 0.1) is 17.6 Å². The van der Waals surface area contributed by atoms with Crippen LogP contribution in [0.1, 0.15) is 41.4 Å². The van der Waals surface area contributed by atoms with Crippen molar-refractivity contribution in [1.29, 1.82) is 0 Å². The number of imidazole rings is 1. The lowest BCUT2D eigenvalue weighted by atomic mass is 10.1. The number of fused-ring (bicyclic) bond motifs is 1. The van der Waals surface area contributed by atoms with Gasteiger partial charge < -0.3 is 9.88 Å². The van der Waals surface area contributed by atoms with Crippen molar-refractivity contribution in [2.24, 2.45) is 0 Å². The fourth-order valence-corrected chi connectivity index (χ4v) is 2.88. The molecule has 2 aromatic heterocycles. The topological polar surface area (TPSA) is 57.7 Å². The molecule has 5 nitrogen and oxygen atoms in total. The van der Waals surface area contributed by atoms with Crippen LogP contribution < -0.4 is 4.90 Å². The van der Waals surface area contributed by atoms with Gasteiger partial charge in [0.15, 0.2) is 0 Å². The van der Waals surface area contributed by atoms with Gasteiger partial charge in [0.25, 0.3) is 0 Å². The SMILES string of the molecule is Cc1cc2nc(CN(C)c3cc(C4CC4)ncn3)[nH]c2cc1C. The van der Waals surface area contributed by atoms with Crippen molar-refractivity contribution < 1.29 is 0 Å². The van der Waals surface area contributed by atoms with Crippen LogP contribution >= 0.6 is 0 Å².